The van der Waals surface area contributed by atoms with Gasteiger partial charge in [0.1, 0.15) is 9.77 Å². The van der Waals surface area contributed by atoms with Gasteiger partial charge in [-0.3, -0.25) is 4.98 Å². The second-order valence-corrected chi connectivity index (χ2v) is 6.97. The molecule has 0 saturated heterocycles. The first kappa shape index (κ1) is 15.6. The SMILES string of the molecule is Cc1csc(C(=O)O)c1S(=O)(=O)NCCc1ccncc1. The second kappa shape index (κ2) is 6.33. The molecule has 0 unspecified atom stereocenters. The minimum absolute atomic E-state index is 0.144. The summed E-state index contributed by atoms with van der Waals surface area (Å²) >= 11 is 0.914. The van der Waals surface area contributed by atoms with E-state index >= 15 is 0 Å². The number of rotatable bonds is 6. The van der Waals surface area contributed by atoms with Gasteiger partial charge in [-0.1, -0.05) is 0 Å². The van der Waals surface area contributed by atoms with E-state index in [1.165, 1.54) is 5.38 Å². The molecule has 0 aliphatic rings. The van der Waals surface area contributed by atoms with Crippen molar-refractivity contribution in [1.29, 1.82) is 0 Å². The Morgan fingerprint density at radius 1 is 1.38 bits per heavy atom. The lowest BCUT2D eigenvalue weighted by molar-refractivity contribution is 0.0698. The Bertz CT molecular complexity index is 739. The maximum absolute atomic E-state index is 12.2. The third-order valence-corrected chi connectivity index (χ3v) is 5.70. The summed E-state index contributed by atoms with van der Waals surface area (Å²) in [5.41, 5.74) is 1.39. The van der Waals surface area contributed by atoms with Crippen molar-refractivity contribution in [2.45, 2.75) is 18.2 Å². The Labute approximate surface area is 126 Å². The number of nitrogens with zero attached hydrogens (tertiary/aromatic N) is 1. The summed E-state index contributed by atoms with van der Waals surface area (Å²) in [5, 5.41) is 10.6. The molecule has 0 aromatic carbocycles. The highest BCUT2D eigenvalue weighted by atomic mass is 32.2. The number of aryl methyl sites for hydroxylation is 1. The predicted octanol–water partition coefficient (Wildman–Crippen LogP) is 1.67. The molecule has 2 rings (SSSR count). The average molecular weight is 326 g/mol. The molecule has 0 saturated carbocycles. The number of thiophene rings is 1. The molecule has 0 bridgehead atoms. The third-order valence-electron chi connectivity index (χ3n) is 2.84. The highest BCUT2D eigenvalue weighted by molar-refractivity contribution is 7.89. The second-order valence-electron chi connectivity index (χ2n) is 4.39. The highest BCUT2D eigenvalue weighted by Crippen LogP contribution is 2.26. The molecule has 0 aliphatic carbocycles. The number of hydrogen-bond acceptors (Lipinski definition) is 5. The number of pyridine rings is 1. The standard InChI is InChI=1S/C13H14N2O4S2/c1-9-8-20-11(13(16)17)12(9)21(18,19)15-7-4-10-2-5-14-6-3-10/h2-3,5-6,8,15H,4,7H2,1H3,(H,16,17). The zero-order chi connectivity index (χ0) is 15.5. The Balaban J connectivity index is 2.12. The number of carbonyl (C=O) groups is 1. The number of nitrogens with one attached hydrogen (secondary N) is 1. The van der Waals surface area contributed by atoms with Crippen molar-refractivity contribution in [1.82, 2.24) is 9.71 Å². The monoisotopic (exact) mass is 326 g/mol. The Morgan fingerprint density at radius 3 is 2.67 bits per heavy atom. The first-order valence-electron chi connectivity index (χ1n) is 6.12. The van der Waals surface area contributed by atoms with E-state index in [2.05, 4.69) is 9.71 Å². The van der Waals surface area contributed by atoms with Crippen LogP contribution in [-0.4, -0.2) is 31.0 Å². The van der Waals surface area contributed by atoms with Gasteiger partial charge in [0.05, 0.1) is 0 Å². The van der Waals surface area contributed by atoms with Gasteiger partial charge in [0.2, 0.25) is 10.0 Å². The smallest absolute Gasteiger partial charge is 0.347 e. The lowest BCUT2D eigenvalue weighted by Gasteiger charge is -2.07. The molecule has 6 nitrogen and oxygen atoms in total. The van der Waals surface area contributed by atoms with Gasteiger partial charge in [-0.05, 0) is 42.0 Å². The summed E-state index contributed by atoms with van der Waals surface area (Å²) < 4.78 is 26.9. The van der Waals surface area contributed by atoms with Gasteiger partial charge in [-0.2, -0.15) is 0 Å². The van der Waals surface area contributed by atoms with Crippen molar-refractivity contribution >= 4 is 27.3 Å². The molecule has 0 radical (unpaired) electrons. The van der Waals surface area contributed by atoms with E-state index in [0.717, 1.165) is 16.9 Å². The van der Waals surface area contributed by atoms with Crippen LogP contribution in [0.2, 0.25) is 0 Å². The Hall–Kier alpha value is -1.77. The summed E-state index contributed by atoms with van der Waals surface area (Å²) in [6.07, 6.45) is 3.78. The summed E-state index contributed by atoms with van der Waals surface area (Å²) in [6, 6.07) is 3.60. The van der Waals surface area contributed by atoms with Gasteiger partial charge < -0.3 is 5.11 Å². The largest absolute Gasteiger partial charge is 0.477 e. The number of carboxylic acid groups (broad SMARTS) is 1. The van der Waals surface area contributed by atoms with Gasteiger partial charge in [0.15, 0.2) is 0 Å². The van der Waals surface area contributed by atoms with Gasteiger partial charge in [-0.15, -0.1) is 11.3 Å². The number of hydrogen-bond donors (Lipinski definition) is 2. The van der Waals surface area contributed by atoms with Crippen molar-refractivity contribution < 1.29 is 18.3 Å². The summed E-state index contributed by atoms with van der Waals surface area (Å²) in [4.78, 5) is 14.7. The van der Waals surface area contributed by atoms with E-state index in [1.54, 1.807) is 31.5 Å². The first-order chi connectivity index (χ1) is 9.92. The lowest BCUT2D eigenvalue weighted by atomic mass is 10.2. The predicted molar refractivity (Wildman–Crippen MR) is 79.1 cm³/mol. The fourth-order valence-electron chi connectivity index (χ4n) is 1.87. The van der Waals surface area contributed by atoms with E-state index in [0.29, 0.717) is 12.0 Å². The molecule has 0 atom stereocenters. The van der Waals surface area contributed by atoms with Crippen LogP contribution in [0.4, 0.5) is 0 Å². The van der Waals surface area contributed by atoms with Crippen LogP contribution < -0.4 is 4.72 Å². The number of aromatic carboxylic acids is 1. The van der Waals surface area contributed by atoms with Crippen LogP contribution in [0.1, 0.15) is 20.8 Å². The van der Waals surface area contributed by atoms with Gasteiger partial charge >= 0.3 is 5.97 Å². The molecule has 21 heavy (non-hydrogen) atoms. The molecule has 2 heterocycles. The van der Waals surface area contributed by atoms with Crippen LogP contribution in [0.15, 0.2) is 34.8 Å². The van der Waals surface area contributed by atoms with Crippen LogP contribution >= 0.6 is 11.3 Å². The Kier molecular flexibility index (Phi) is 4.71. The van der Waals surface area contributed by atoms with Crippen LogP contribution in [-0.2, 0) is 16.4 Å². The van der Waals surface area contributed by atoms with Crippen LogP contribution in [0.5, 0.6) is 0 Å². The molecule has 0 amide bonds. The van der Waals surface area contributed by atoms with E-state index in [9.17, 15) is 13.2 Å². The zero-order valence-corrected chi connectivity index (χ0v) is 12.9. The maximum Gasteiger partial charge on any atom is 0.347 e. The number of aromatic nitrogens is 1. The van der Waals surface area contributed by atoms with E-state index in [4.69, 9.17) is 5.11 Å². The molecule has 2 aromatic rings. The summed E-state index contributed by atoms with van der Waals surface area (Å²) in [6.45, 7) is 1.78. The fraction of sp³-hybridized carbons (Fsp3) is 0.231. The molecule has 0 spiro atoms. The van der Waals surface area contributed by atoms with Crippen molar-refractivity contribution in [3.05, 3.63) is 45.9 Å². The van der Waals surface area contributed by atoms with Crippen molar-refractivity contribution in [3.63, 3.8) is 0 Å². The third kappa shape index (κ3) is 3.66. The number of sulfonamides is 1. The molecule has 8 heteroatoms. The maximum atomic E-state index is 12.2. The molecular formula is C13H14N2O4S2. The fourth-order valence-corrected chi connectivity index (χ4v) is 4.52. The molecular weight excluding hydrogens is 312 g/mol. The highest BCUT2D eigenvalue weighted by Gasteiger charge is 2.26. The summed E-state index contributed by atoms with van der Waals surface area (Å²) in [7, 11) is -3.83. The van der Waals surface area contributed by atoms with E-state index in [-0.39, 0.29) is 16.3 Å². The van der Waals surface area contributed by atoms with E-state index in [1.807, 2.05) is 0 Å². The minimum Gasteiger partial charge on any atom is -0.477 e. The van der Waals surface area contributed by atoms with Gasteiger partial charge in [-0.25, -0.2) is 17.9 Å². The number of carboxylic acids is 1. The molecule has 0 fully saturated rings. The van der Waals surface area contributed by atoms with Crippen LogP contribution in [0, 0.1) is 6.92 Å². The molecule has 0 aliphatic heterocycles. The molecule has 112 valence electrons. The van der Waals surface area contributed by atoms with Crippen LogP contribution in [0.25, 0.3) is 0 Å². The Morgan fingerprint density at radius 2 is 2.05 bits per heavy atom. The molecule has 2 N–H and O–H groups in total. The van der Waals surface area contributed by atoms with Crippen molar-refractivity contribution in [3.8, 4) is 0 Å². The quantitative estimate of drug-likeness (QED) is 0.842. The zero-order valence-electron chi connectivity index (χ0n) is 11.2. The molecule has 2 aromatic heterocycles. The van der Waals surface area contributed by atoms with Crippen molar-refractivity contribution in [2.24, 2.45) is 0 Å². The normalized spacial score (nSPS) is 11.5. The van der Waals surface area contributed by atoms with Gasteiger partial charge in [0.25, 0.3) is 0 Å². The average Bonchev–Trinajstić information content (AvgIpc) is 2.83. The van der Waals surface area contributed by atoms with Crippen molar-refractivity contribution in [2.75, 3.05) is 6.54 Å². The van der Waals surface area contributed by atoms with Gasteiger partial charge in [0, 0.05) is 18.9 Å². The first-order valence-corrected chi connectivity index (χ1v) is 8.48. The topological polar surface area (TPSA) is 96.4 Å². The summed E-state index contributed by atoms with van der Waals surface area (Å²) in [5.74, 6) is -1.23. The van der Waals surface area contributed by atoms with Crippen LogP contribution in [0.3, 0.4) is 0 Å². The van der Waals surface area contributed by atoms with E-state index < -0.39 is 16.0 Å². The lowest BCUT2D eigenvalue weighted by Crippen LogP contribution is -2.27. The minimum atomic E-state index is -3.83.